The van der Waals surface area contributed by atoms with Crippen molar-refractivity contribution in [2.45, 2.75) is 26.5 Å². The first-order valence-electron chi connectivity index (χ1n) is 9.70. The number of hydrogen-bond donors (Lipinski definition) is 0. The van der Waals surface area contributed by atoms with Gasteiger partial charge in [0.25, 0.3) is 5.91 Å². The third kappa shape index (κ3) is 5.64. The van der Waals surface area contributed by atoms with E-state index < -0.39 is 6.10 Å². The molecule has 1 heterocycles. The SMILES string of the molecule is C=CCN(Cc1nc(-c2ccc(OC)cc2)no1)C(=O)C(C)Oc1ccc(Cl)c(C)c1. The van der Waals surface area contributed by atoms with Gasteiger partial charge in [0, 0.05) is 17.1 Å². The Labute approximate surface area is 186 Å². The van der Waals surface area contributed by atoms with Gasteiger partial charge in [-0.25, -0.2) is 0 Å². The average molecular weight is 442 g/mol. The summed E-state index contributed by atoms with van der Waals surface area (Å²) >= 11 is 6.05. The predicted octanol–water partition coefficient (Wildman–Crippen LogP) is 4.69. The molecule has 0 fully saturated rings. The molecule has 0 spiro atoms. The average Bonchev–Trinajstić information content (AvgIpc) is 3.24. The fraction of sp³-hybridized carbons (Fsp3) is 0.261. The fourth-order valence-electron chi connectivity index (χ4n) is 2.93. The van der Waals surface area contributed by atoms with E-state index in [1.54, 1.807) is 43.2 Å². The van der Waals surface area contributed by atoms with Crippen LogP contribution in [0.1, 0.15) is 18.4 Å². The molecule has 0 aliphatic heterocycles. The zero-order valence-electron chi connectivity index (χ0n) is 17.7. The number of nitrogens with zero attached hydrogens (tertiary/aromatic N) is 3. The van der Waals surface area contributed by atoms with Gasteiger partial charge in [-0.1, -0.05) is 22.8 Å². The van der Waals surface area contributed by atoms with E-state index in [1.807, 2.05) is 31.2 Å². The summed E-state index contributed by atoms with van der Waals surface area (Å²) < 4.78 is 16.3. The van der Waals surface area contributed by atoms with Crippen molar-refractivity contribution in [3.8, 4) is 22.9 Å². The Morgan fingerprint density at radius 2 is 1.97 bits per heavy atom. The van der Waals surface area contributed by atoms with Crippen LogP contribution in [0.5, 0.6) is 11.5 Å². The van der Waals surface area contributed by atoms with Crippen molar-refractivity contribution in [1.82, 2.24) is 15.0 Å². The molecule has 1 amide bonds. The maximum Gasteiger partial charge on any atom is 0.264 e. The van der Waals surface area contributed by atoms with Gasteiger partial charge >= 0.3 is 0 Å². The molecule has 162 valence electrons. The highest BCUT2D eigenvalue weighted by Gasteiger charge is 2.24. The zero-order chi connectivity index (χ0) is 22.4. The van der Waals surface area contributed by atoms with Gasteiger partial charge in [0.2, 0.25) is 11.7 Å². The van der Waals surface area contributed by atoms with E-state index in [4.69, 9.17) is 25.6 Å². The number of carbonyl (C=O) groups excluding carboxylic acids is 1. The Kier molecular flexibility index (Phi) is 7.31. The van der Waals surface area contributed by atoms with Crippen LogP contribution in [0.15, 0.2) is 59.6 Å². The maximum absolute atomic E-state index is 13.0. The fourth-order valence-corrected chi connectivity index (χ4v) is 3.05. The van der Waals surface area contributed by atoms with Crippen LogP contribution in [0, 0.1) is 6.92 Å². The number of methoxy groups -OCH3 is 1. The minimum atomic E-state index is -0.718. The first-order valence-corrected chi connectivity index (χ1v) is 10.1. The number of aromatic nitrogens is 2. The van der Waals surface area contributed by atoms with Crippen LogP contribution in [-0.4, -0.2) is 40.7 Å². The predicted molar refractivity (Wildman–Crippen MR) is 118 cm³/mol. The second kappa shape index (κ2) is 10.1. The van der Waals surface area contributed by atoms with Gasteiger partial charge in [0.15, 0.2) is 6.10 Å². The number of carbonyl (C=O) groups is 1. The highest BCUT2D eigenvalue weighted by molar-refractivity contribution is 6.31. The highest BCUT2D eigenvalue weighted by Crippen LogP contribution is 2.23. The standard InChI is InChI=1S/C23H24ClN3O4/c1-5-12-27(23(28)16(3)30-19-10-11-20(24)15(2)13-19)14-21-25-22(26-31-21)17-6-8-18(29-4)9-7-17/h5-11,13,16H,1,12,14H2,2-4H3. The van der Waals surface area contributed by atoms with E-state index in [0.29, 0.717) is 29.0 Å². The van der Waals surface area contributed by atoms with Crippen LogP contribution in [0.4, 0.5) is 0 Å². The van der Waals surface area contributed by atoms with Crippen LogP contribution < -0.4 is 9.47 Å². The summed E-state index contributed by atoms with van der Waals surface area (Å²) in [5.74, 6) is 1.83. The molecule has 3 rings (SSSR count). The second-order valence-corrected chi connectivity index (χ2v) is 7.33. The quantitative estimate of drug-likeness (QED) is 0.448. The molecule has 0 radical (unpaired) electrons. The first kappa shape index (κ1) is 22.4. The van der Waals surface area contributed by atoms with Gasteiger partial charge < -0.3 is 18.9 Å². The second-order valence-electron chi connectivity index (χ2n) is 6.92. The number of amides is 1. The lowest BCUT2D eigenvalue weighted by Crippen LogP contribution is -2.40. The smallest absolute Gasteiger partial charge is 0.264 e. The number of rotatable bonds is 9. The van der Waals surface area contributed by atoms with Crippen LogP contribution >= 0.6 is 11.6 Å². The van der Waals surface area contributed by atoms with Crippen molar-refractivity contribution in [1.29, 1.82) is 0 Å². The van der Waals surface area contributed by atoms with Gasteiger partial charge in [-0.3, -0.25) is 4.79 Å². The number of aryl methyl sites for hydroxylation is 1. The Morgan fingerprint density at radius 1 is 1.26 bits per heavy atom. The van der Waals surface area contributed by atoms with E-state index in [-0.39, 0.29) is 12.5 Å². The summed E-state index contributed by atoms with van der Waals surface area (Å²) in [5, 5.41) is 4.65. The van der Waals surface area contributed by atoms with E-state index in [2.05, 4.69) is 16.7 Å². The molecule has 0 saturated carbocycles. The minimum absolute atomic E-state index is 0.140. The van der Waals surface area contributed by atoms with Crippen LogP contribution in [0.3, 0.4) is 0 Å². The van der Waals surface area contributed by atoms with Crippen LogP contribution in [0.25, 0.3) is 11.4 Å². The molecule has 0 bridgehead atoms. The highest BCUT2D eigenvalue weighted by atomic mass is 35.5. The number of ether oxygens (including phenoxy) is 2. The molecule has 0 N–H and O–H groups in total. The molecule has 0 aliphatic rings. The lowest BCUT2D eigenvalue weighted by atomic mass is 10.2. The molecule has 1 aromatic heterocycles. The normalized spacial score (nSPS) is 11.6. The zero-order valence-corrected chi connectivity index (χ0v) is 18.4. The summed E-state index contributed by atoms with van der Waals surface area (Å²) in [7, 11) is 1.60. The number of halogens is 1. The van der Waals surface area contributed by atoms with Crippen molar-refractivity contribution >= 4 is 17.5 Å². The molecule has 3 aromatic rings. The van der Waals surface area contributed by atoms with Crippen LogP contribution in [0.2, 0.25) is 5.02 Å². The van der Waals surface area contributed by atoms with Crippen LogP contribution in [-0.2, 0) is 11.3 Å². The van der Waals surface area contributed by atoms with Crippen molar-refractivity contribution in [2.75, 3.05) is 13.7 Å². The van der Waals surface area contributed by atoms with Gasteiger partial charge in [-0.2, -0.15) is 4.98 Å². The summed E-state index contributed by atoms with van der Waals surface area (Å²) in [6, 6.07) is 12.6. The summed E-state index contributed by atoms with van der Waals surface area (Å²) in [6.07, 6.45) is 0.919. The molecule has 1 atom stereocenters. The monoisotopic (exact) mass is 441 g/mol. The Hall–Kier alpha value is -3.32. The Bertz CT molecular complexity index is 1050. The Balaban J connectivity index is 1.69. The molecule has 0 aliphatic carbocycles. The van der Waals surface area contributed by atoms with E-state index >= 15 is 0 Å². The summed E-state index contributed by atoms with van der Waals surface area (Å²) in [5.41, 5.74) is 1.66. The van der Waals surface area contributed by atoms with Crippen molar-refractivity contribution in [2.24, 2.45) is 0 Å². The topological polar surface area (TPSA) is 77.7 Å². The summed E-state index contributed by atoms with van der Waals surface area (Å²) in [6.45, 7) is 7.75. The van der Waals surface area contributed by atoms with Gasteiger partial charge in [-0.15, -0.1) is 6.58 Å². The van der Waals surface area contributed by atoms with Gasteiger partial charge in [0.1, 0.15) is 18.0 Å². The molecular formula is C23H24ClN3O4. The number of hydrogen-bond acceptors (Lipinski definition) is 6. The molecular weight excluding hydrogens is 418 g/mol. The molecule has 2 aromatic carbocycles. The maximum atomic E-state index is 13.0. The minimum Gasteiger partial charge on any atom is -0.497 e. The third-order valence-corrected chi connectivity index (χ3v) is 5.02. The van der Waals surface area contributed by atoms with Gasteiger partial charge in [-0.05, 0) is 61.9 Å². The molecule has 8 heteroatoms. The lowest BCUT2D eigenvalue weighted by Gasteiger charge is -2.23. The molecule has 0 saturated heterocycles. The summed E-state index contributed by atoms with van der Waals surface area (Å²) in [4.78, 5) is 18.9. The lowest BCUT2D eigenvalue weighted by molar-refractivity contribution is -0.138. The third-order valence-electron chi connectivity index (χ3n) is 4.59. The molecule has 1 unspecified atom stereocenters. The van der Waals surface area contributed by atoms with Crippen molar-refractivity contribution in [3.05, 3.63) is 71.6 Å². The molecule has 31 heavy (non-hydrogen) atoms. The van der Waals surface area contributed by atoms with Crippen molar-refractivity contribution < 1.29 is 18.8 Å². The van der Waals surface area contributed by atoms with E-state index in [9.17, 15) is 4.79 Å². The molecule has 7 nitrogen and oxygen atoms in total. The number of benzene rings is 2. The largest absolute Gasteiger partial charge is 0.497 e. The van der Waals surface area contributed by atoms with Gasteiger partial charge in [0.05, 0.1) is 7.11 Å². The first-order chi connectivity index (χ1) is 14.9. The van der Waals surface area contributed by atoms with Crippen molar-refractivity contribution in [3.63, 3.8) is 0 Å². The van der Waals surface area contributed by atoms with E-state index in [1.165, 1.54) is 0 Å². The van der Waals surface area contributed by atoms with E-state index in [0.717, 1.165) is 16.9 Å². The Morgan fingerprint density at radius 3 is 2.61 bits per heavy atom.